The number of non-ortho nitro benzene ring substituents is 1. The van der Waals surface area contributed by atoms with Gasteiger partial charge in [-0.2, -0.15) is 0 Å². The second-order valence-corrected chi connectivity index (χ2v) is 5.16. The van der Waals surface area contributed by atoms with Crippen LogP contribution in [0.3, 0.4) is 0 Å². The van der Waals surface area contributed by atoms with Gasteiger partial charge < -0.3 is 9.51 Å². The van der Waals surface area contributed by atoms with Gasteiger partial charge in [0.25, 0.3) is 5.69 Å². The largest absolute Gasteiger partial charge is 0.361 e. The lowest BCUT2D eigenvalue weighted by Gasteiger charge is -1.96. The number of rotatable bonds is 3. The van der Waals surface area contributed by atoms with Crippen molar-refractivity contribution in [3.05, 3.63) is 70.9 Å². The lowest BCUT2D eigenvalue weighted by molar-refractivity contribution is -0.384. The summed E-state index contributed by atoms with van der Waals surface area (Å²) < 4.78 is 5.40. The predicted octanol–water partition coefficient (Wildman–Crippen LogP) is 4.40. The number of nitro groups is 1. The number of nitrogens with one attached hydrogen (secondary N) is 1. The van der Waals surface area contributed by atoms with E-state index in [1.807, 2.05) is 30.5 Å². The number of nitro benzene ring substituents is 1. The van der Waals surface area contributed by atoms with Crippen molar-refractivity contribution in [2.24, 2.45) is 0 Å². The van der Waals surface area contributed by atoms with Gasteiger partial charge in [-0.25, -0.2) is 0 Å². The van der Waals surface area contributed by atoms with Crippen LogP contribution in [-0.4, -0.2) is 15.1 Å². The summed E-state index contributed by atoms with van der Waals surface area (Å²) in [6.07, 6.45) is 1.88. The van der Waals surface area contributed by atoms with Crippen LogP contribution in [-0.2, 0) is 0 Å². The van der Waals surface area contributed by atoms with Crippen molar-refractivity contribution in [3.63, 3.8) is 0 Å². The van der Waals surface area contributed by atoms with Crippen molar-refractivity contribution in [2.75, 3.05) is 0 Å². The van der Waals surface area contributed by atoms with Gasteiger partial charge in [0.05, 0.1) is 4.92 Å². The van der Waals surface area contributed by atoms with Gasteiger partial charge >= 0.3 is 0 Å². The average Bonchev–Trinajstić information content (AvgIpc) is 3.23. The monoisotopic (exact) mass is 305 g/mol. The van der Waals surface area contributed by atoms with Crippen LogP contribution in [0.2, 0.25) is 0 Å². The van der Waals surface area contributed by atoms with Crippen molar-refractivity contribution >= 4 is 16.6 Å². The van der Waals surface area contributed by atoms with Gasteiger partial charge in [-0.3, -0.25) is 10.1 Å². The molecular weight excluding hydrogens is 294 g/mol. The molecule has 0 fully saturated rings. The summed E-state index contributed by atoms with van der Waals surface area (Å²) in [6, 6.07) is 16.0. The van der Waals surface area contributed by atoms with E-state index < -0.39 is 4.92 Å². The number of nitrogens with zero attached hydrogens (tertiary/aromatic N) is 2. The van der Waals surface area contributed by atoms with E-state index in [1.165, 1.54) is 12.1 Å². The Bertz CT molecular complexity index is 1020. The molecule has 0 saturated heterocycles. The highest BCUT2D eigenvalue weighted by Crippen LogP contribution is 2.29. The van der Waals surface area contributed by atoms with E-state index in [0.29, 0.717) is 17.0 Å². The summed E-state index contributed by atoms with van der Waals surface area (Å²) in [5, 5.41) is 16.0. The highest BCUT2D eigenvalue weighted by atomic mass is 16.6. The molecule has 6 nitrogen and oxygen atoms in total. The Morgan fingerprint density at radius 1 is 1.04 bits per heavy atom. The van der Waals surface area contributed by atoms with E-state index in [1.54, 1.807) is 18.2 Å². The molecule has 0 aliphatic carbocycles. The zero-order valence-electron chi connectivity index (χ0n) is 11.9. The predicted molar refractivity (Wildman–Crippen MR) is 85.9 cm³/mol. The molecule has 0 spiro atoms. The second kappa shape index (κ2) is 5.10. The minimum Gasteiger partial charge on any atom is -0.361 e. The van der Waals surface area contributed by atoms with Gasteiger partial charge in [0.2, 0.25) is 0 Å². The molecule has 0 radical (unpaired) electrons. The van der Waals surface area contributed by atoms with E-state index in [2.05, 4.69) is 10.1 Å². The molecule has 0 amide bonds. The lowest BCUT2D eigenvalue weighted by atomic mass is 10.1. The fourth-order valence-electron chi connectivity index (χ4n) is 2.53. The van der Waals surface area contributed by atoms with Gasteiger partial charge in [-0.15, -0.1) is 0 Å². The molecule has 0 saturated carbocycles. The Hall–Kier alpha value is -3.41. The number of hydrogen-bond acceptors (Lipinski definition) is 4. The average molecular weight is 305 g/mol. The van der Waals surface area contributed by atoms with Crippen LogP contribution in [0.15, 0.2) is 65.3 Å². The number of aromatic nitrogens is 2. The van der Waals surface area contributed by atoms with Crippen LogP contribution in [0.1, 0.15) is 0 Å². The number of fused-ring (bicyclic) bond motifs is 1. The summed E-state index contributed by atoms with van der Waals surface area (Å²) in [5.74, 6) is 0.620. The first-order chi connectivity index (χ1) is 11.2. The summed E-state index contributed by atoms with van der Waals surface area (Å²) in [7, 11) is 0. The van der Waals surface area contributed by atoms with Gasteiger partial charge in [0.1, 0.15) is 5.69 Å². The molecule has 0 bridgehead atoms. The van der Waals surface area contributed by atoms with Gasteiger partial charge in [0.15, 0.2) is 5.76 Å². The van der Waals surface area contributed by atoms with Crippen molar-refractivity contribution in [3.8, 4) is 22.6 Å². The number of aromatic amines is 1. The molecule has 0 aliphatic heterocycles. The SMILES string of the molecule is O=[N+]([O-])c1cccc(-c2cc(-c3ccc4[nH]ccc4c3)on2)c1. The molecule has 112 valence electrons. The summed E-state index contributed by atoms with van der Waals surface area (Å²) in [4.78, 5) is 13.6. The van der Waals surface area contributed by atoms with Crippen molar-refractivity contribution in [1.82, 2.24) is 10.1 Å². The molecule has 0 atom stereocenters. The minimum atomic E-state index is -0.426. The quantitative estimate of drug-likeness (QED) is 0.449. The van der Waals surface area contributed by atoms with Gasteiger partial charge in [-0.1, -0.05) is 17.3 Å². The molecular formula is C17H11N3O3. The third-order valence-corrected chi connectivity index (χ3v) is 3.70. The zero-order valence-corrected chi connectivity index (χ0v) is 11.9. The van der Waals surface area contributed by atoms with Crippen LogP contribution in [0.4, 0.5) is 5.69 Å². The first-order valence-corrected chi connectivity index (χ1v) is 7.00. The summed E-state index contributed by atoms with van der Waals surface area (Å²) in [5.41, 5.74) is 3.20. The van der Waals surface area contributed by atoms with Crippen molar-refractivity contribution < 1.29 is 9.45 Å². The maximum atomic E-state index is 10.9. The first-order valence-electron chi connectivity index (χ1n) is 7.00. The second-order valence-electron chi connectivity index (χ2n) is 5.16. The Morgan fingerprint density at radius 3 is 2.83 bits per heavy atom. The molecule has 23 heavy (non-hydrogen) atoms. The molecule has 2 aromatic heterocycles. The Labute approximate surface area is 130 Å². The highest BCUT2D eigenvalue weighted by molar-refractivity contribution is 5.84. The Morgan fingerprint density at radius 2 is 1.96 bits per heavy atom. The van der Waals surface area contributed by atoms with Crippen LogP contribution in [0, 0.1) is 10.1 Å². The van der Waals surface area contributed by atoms with Gasteiger partial charge in [0, 0.05) is 46.4 Å². The topological polar surface area (TPSA) is 85.0 Å². The number of hydrogen-bond donors (Lipinski definition) is 1. The molecule has 0 unspecified atom stereocenters. The van der Waals surface area contributed by atoms with E-state index >= 15 is 0 Å². The Balaban J connectivity index is 1.73. The number of H-pyrrole nitrogens is 1. The number of benzene rings is 2. The fraction of sp³-hybridized carbons (Fsp3) is 0. The van der Waals surface area contributed by atoms with Crippen molar-refractivity contribution in [1.29, 1.82) is 0 Å². The van der Waals surface area contributed by atoms with Crippen LogP contribution < -0.4 is 0 Å². The standard InChI is InChI=1S/C17H11N3O3/c21-20(22)14-3-1-2-11(9-14)16-10-17(23-19-16)13-4-5-15-12(8-13)6-7-18-15/h1-10,18H. The minimum absolute atomic E-state index is 0.0285. The molecule has 1 N–H and O–H groups in total. The summed E-state index contributed by atoms with van der Waals surface area (Å²) >= 11 is 0. The molecule has 6 heteroatoms. The van der Waals surface area contributed by atoms with Crippen LogP contribution >= 0.6 is 0 Å². The smallest absolute Gasteiger partial charge is 0.270 e. The normalized spacial score (nSPS) is 11.0. The van der Waals surface area contributed by atoms with Crippen LogP contribution in [0.25, 0.3) is 33.5 Å². The maximum Gasteiger partial charge on any atom is 0.270 e. The van der Waals surface area contributed by atoms with Gasteiger partial charge in [-0.05, 0) is 24.3 Å². The van der Waals surface area contributed by atoms with Crippen molar-refractivity contribution in [2.45, 2.75) is 0 Å². The zero-order chi connectivity index (χ0) is 15.8. The molecule has 2 heterocycles. The lowest BCUT2D eigenvalue weighted by Crippen LogP contribution is -1.87. The fourth-order valence-corrected chi connectivity index (χ4v) is 2.53. The molecule has 2 aromatic carbocycles. The Kier molecular flexibility index (Phi) is 2.94. The van der Waals surface area contributed by atoms with E-state index in [-0.39, 0.29) is 5.69 Å². The van der Waals surface area contributed by atoms with E-state index in [4.69, 9.17) is 4.52 Å². The van der Waals surface area contributed by atoms with Crippen LogP contribution in [0.5, 0.6) is 0 Å². The maximum absolute atomic E-state index is 10.9. The third-order valence-electron chi connectivity index (χ3n) is 3.70. The first kappa shape index (κ1) is 13.3. The molecule has 0 aliphatic rings. The highest BCUT2D eigenvalue weighted by Gasteiger charge is 2.12. The molecule has 4 rings (SSSR count). The summed E-state index contributed by atoms with van der Waals surface area (Å²) in [6.45, 7) is 0. The molecule has 4 aromatic rings. The van der Waals surface area contributed by atoms with E-state index in [9.17, 15) is 10.1 Å². The van der Waals surface area contributed by atoms with E-state index in [0.717, 1.165) is 16.5 Å². The third kappa shape index (κ3) is 2.36.